The van der Waals surface area contributed by atoms with E-state index in [9.17, 15) is 9.59 Å². The molecule has 1 aliphatic rings. The molecule has 0 bridgehead atoms. The van der Waals surface area contributed by atoms with E-state index >= 15 is 0 Å². The Balaban J connectivity index is 2.04. The Kier molecular flexibility index (Phi) is 3.87. The number of hydrogen-bond acceptors (Lipinski definition) is 3. The Labute approximate surface area is 111 Å². The Morgan fingerprint density at radius 2 is 1.89 bits per heavy atom. The molecule has 1 aromatic carbocycles. The second-order valence-electron chi connectivity index (χ2n) is 4.51. The third kappa shape index (κ3) is 3.01. The Hall–Kier alpha value is -1.55. The molecule has 1 aliphatic heterocycles. The van der Waals surface area contributed by atoms with Crippen molar-refractivity contribution in [3.05, 3.63) is 46.4 Å². The molecule has 2 rings (SSSR count). The molecule has 0 aromatic heterocycles. The number of allylic oxidation sites excluding steroid dienone is 1. The van der Waals surface area contributed by atoms with Gasteiger partial charge in [0.05, 0.1) is 4.91 Å². The number of nitrogens with one attached hydrogen (secondary N) is 1. The van der Waals surface area contributed by atoms with Crippen LogP contribution < -0.4 is 5.32 Å². The lowest BCUT2D eigenvalue weighted by atomic mass is 10.0. The van der Waals surface area contributed by atoms with Crippen molar-refractivity contribution < 1.29 is 9.59 Å². The van der Waals surface area contributed by atoms with E-state index in [1.165, 1.54) is 5.56 Å². The van der Waals surface area contributed by atoms with E-state index in [2.05, 4.69) is 43.4 Å². The number of hydrogen-bond donors (Lipinski definition) is 1. The van der Waals surface area contributed by atoms with Crippen molar-refractivity contribution >= 4 is 22.9 Å². The van der Waals surface area contributed by atoms with Crippen LogP contribution in [0.15, 0.2) is 35.2 Å². The highest BCUT2D eigenvalue weighted by molar-refractivity contribution is 8.18. The van der Waals surface area contributed by atoms with Gasteiger partial charge in [-0.1, -0.05) is 44.2 Å². The van der Waals surface area contributed by atoms with Crippen molar-refractivity contribution in [1.82, 2.24) is 5.32 Å². The van der Waals surface area contributed by atoms with E-state index < -0.39 is 0 Å². The Morgan fingerprint density at radius 1 is 1.22 bits per heavy atom. The van der Waals surface area contributed by atoms with Gasteiger partial charge < -0.3 is 0 Å². The van der Waals surface area contributed by atoms with Crippen LogP contribution in [0.3, 0.4) is 0 Å². The van der Waals surface area contributed by atoms with Crippen LogP contribution >= 0.6 is 11.8 Å². The first-order valence-electron chi connectivity index (χ1n) is 5.88. The van der Waals surface area contributed by atoms with Gasteiger partial charge in [-0.3, -0.25) is 14.9 Å². The lowest BCUT2D eigenvalue weighted by molar-refractivity contribution is -0.115. The molecule has 0 unspecified atom stereocenters. The summed E-state index contributed by atoms with van der Waals surface area (Å²) in [5, 5.41) is 1.95. The molecule has 4 heteroatoms. The van der Waals surface area contributed by atoms with Crippen LogP contribution in [0.25, 0.3) is 0 Å². The van der Waals surface area contributed by atoms with E-state index in [-0.39, 0.29) is 11.1 Å². The maximum Gasteiger partial charge on any atom is 0.290 e. The van der Waals surface area contributed by atoms with Crippen molar-refractivity contribution in [2.24, 2.45) is 0 Å². The zero-order valence-electron chi connectivity index (χ0n) is 10.4. The van der Waals surface area contributed by atoms with Crippen LogP contribution in [0, 0.1) is 0 Å². The maximum atomic E-state index is 11.3. The first-order valence-corrected chi connectivity index (χ1v) is 6.70. The Morgan fingerprint density at radius 3 is 2.39 bits per heavy atom. The topological polar surface area (TPSA) is 46.2 Å². The van der Waals surface area contributed by atoms with Crippen LogP contribution in [0.5, 0.6) is 0 Å². The fourth-order valence-electron chi connectivity index (χ4n) is 1.71. The molecular weight excluding hydrogens is 246 g/mol. The summed E-state index contributed by atoms with van der Waals surface area (Å²) in [5.41, 5.74) is 2.44. The molecule has 1 saturated heterocycles. The summed E-state index contributed by atoms with van der Waals surface area (Å²) < 4.78 is 0. The van der Waals surface area contributed by atoms with Crippen LogP contribution in [-0.4, -0.2) is 11.1 Å². The van der Waals surface area contributed by atoms with Crippen molar-refractivity contribution in [2.45, 2.75) is 26.2 Å². The number of rotatable bonds is 3. The van der Waals surface area contributed by atoms with Crippen LogP contribution in [0.2, 0.25) is 0 Å². The van der Waals surface area contributed by atoms with Gasteiger partial charge in [0.1, 0.15) is 0 Å². The molecular formula is C14H15NO2S. The third-order valence-electron chi connectivity index (χ3n) is 2.81. The van der Waals surface area contributed by atoms with Gasteiger partial charge in [-0.25, -0.2) is 0 Å². The SMILES string of the molecule is CC(C)c1ccc(C/C=C2\SC(=O)NC2=O)cc1. The fourth-order valence-corrected chi connectivity index (χ4v) is 2.36. The maximum absolute atomic E-state index is 11.3. The van der Waals surface area contributed by atoms with Crippen LogP contribution in [-0.2, 0) is 11.2 Å². The molecule has 94 valence electrons. The van der Waals surface area contributed by atoms with Gasteiger partial charge in [0.2, 0.25) is 0 Å². The molecule has 1 fully saturated rings. The number of carbonyl (C=O) groups excluding carboxylic acids is 2. The molecule has 0 aliphatic carbocycles. The summed E-state index contributed by atoms with van der Waals surface area (Å²) in [6.07, 6.45) is 2.47. The summed E-state index contributed by atoms with van der Waals surface area (Å²) in [6, 6.07) is 8.33. The highest BCUT2D eigenvalue weighted by Crippen LogP contribution is 2.23. The average Bonchev–Trinajstić information content (AvgIpc) is 2.66. The van der Waals surface area contributed by atoms with Crippen LogP contribution in [0.1, 0.15) is 30.9 Å². The normalized spacial score (nSPS) is 17.6. The van der Waals surface area contributed by atoms with Gasteiger partial charge in [-0.15, -0.1) is 0 Å². The van der Waals surface area contributed by atoms with Crippen molar-refractivity contribution in [3.63, 3.8) is 0 Å². The highest BCUT2D eigenvalue weighted by Gasteiger charge is 2.24. The molecule has 0 atom stereocenters. The molecule has 1 N–H and O–H groups in total. The molecule has 3 nitrogen and oxygen atoms in total. The van der Waals surface area contributed by atoms with Gasteiger partial charge in [-0.2, -0.15) is 0 Å². The first-order chi connectivity index (χ1) is 8.56. The van der Waals surface area contributed by atoms with Gasteiger partial charge >= 0.3 is 0 Å². The van der Waals surface area contributed by atoms with Gasteiger partial charge in [0, 0.05) is 0 Å². The first kappa shape index (κ1) is 12.9. The van der Waals surface area contributed by atoms with E-state index in [0.717, 1.165) is 17.3 Å². The molecule has 2 amide bonds. The lowest BCUT2D eigenvalue weighted by Crippen LogP contribution is -2.17. The smallest absolute Gasteiger partial charge is 0.282 e. The largest absolute Gasteiger partial charge is 0.290 e. The minimum absolute atomic E-state index is 0.288. The molecule has 0 spiro atoms. The monoisotopic (exact) mass is 261 g/mol. The second-order valence-corrected chi connectivity index (χ2v) is 5.53. The van der Waals surface area contributed by atoms with Crippen molar-refractivity contribution in [1.29, 1.82) is 0 Å². The predicted octanol–water partition coefficient (Wildman–Crippen LogP) is 3.22. The van der Waals surface area contributed by atoms with E-state index in [1.54, 1.807) is 6.08 Å². The number of benzene rings is 1. The van der Waals surface area contributed by atoms with Gasteiger partial charge in [0.15, 0.2) is 0 Å². The zero-order valence-corrected chi connectivity index (χ0v) is 11.2. The van der Waals surface area contributed by atoms with Crippen molar-refractivity contribution in [3.8, 4) is 0 Å². The van der Waals surface area contributed by atoms with Gasteiger partial charge in [-0.05, 0) is 35.2 Å². The highest BCUT2D eigenvalue weighted by atomic mass is 32.2. The second kappa shape index (κ2) is 5.40. The summed E-state index contributed by atoms with van der Waals surface area (Å²) in [6.45, 7) is 4.31. The molecule has 0 saturated carbocycles. The fraction of sp³-hybridized carbons (Fsp3) is 0.286. The summed E-state index contributed by atoms with van der Waals surface area (Å²) in [4.78, 5) is 22.8. The zero-order chi connectivity index (χ0) is 13.1. The third-order valence-corrected chi connectivity index (χ3v) is 3.67. The van der Waals surface area contributed by atoms with E-state index in [4.69, 9.17) is 0 Å². The van der Waals surface area contributed by atoms with Crippen molar-refractivity contribution in [2.75, 3.05) is 0 Å². The Bertz CT molecular complexity index is 503. The number of thioether (sulfide) groups is 1. The quantitative estimate of drug-likeness (QED) is 0.850. The number of carbonyl (C=O) groups is 2. The lowest BCUT2D eigenvalue weighted by Gasteiger charge is -2.05. The predicted molar refractivity (Wildman–Crippen MR) is 73.4 cm³/mol. The summed E-state index contributed by atoms with van der Waals surface area (Å²) in [7, 11) is 0. The summed E-state index contributed by atoms with van der Waals surface area (Å²) >= 11 is 0.962. The molecule has 18 heavy (non-hydrogen) atoms. The molecule has 1 heterocycles. The molecule has 1 aromatic rings. The van der Waals surface area contributed by atoms with Crippen LogP contribution in [0.4, 0.5) is 4.79 Å². The average molecular weight is 261 g/mol. The summed E-state index contributed by atoms with van der Waals surface area (Å²) in [5.74, 6) is 0.231. The minimum Gasteiger partial charge on any atom is -0.282 e. The molecule has 0 radical (unpaired) electrons. The minimum atomic E-state index is -0.290. The van der Waals surface area contributed by atoms with E-state index in [1.807, 2.05) is 0 Å². The number of imide groups is 1. The number of amides is 2. The van der Waals surface area contributed by atoms with Gasteiger partial charge in [0.25, 0.3) is 11.1 Å². The van der Waals surface area contributed by atoms with E-state index in [0.29, 0.717) is 17.2 Å². The standard InChI is InChI=1S/C14H15NO2S/c1-9(2)11-6-3-10(4-7-11)5-8-12-13(16)15-14(17)18-12/h3-4,6-9H,5H2,1-2H3,(H,15,16,17)/b12-8-.